The summed E-state index contributed by atoms with van der Waals surface area (Å²) < 4.78 is 20.1. The van der Waals surface area contributed by atoms with Crippen LogP contribution in [0.2, 0.25) is 0 Å². The minimum Gasteiger partial charge on any atom is -0.508 e. The number of hydrogen-bond acceptors (Lipinski definition) is 14. The molecule has 0 spiro atoms. The number of aliphatic hydroxyl groups excluding tert-OH is 1. The molecule has 0 aliphatic carbocycles. The van der Waals surface area contributed by atoms with Crippen LogP contribution in [0.4, 0.5) is 4.79 Å². The van der Waals surface area contributed by atoms with Crippen molar-refractivity contribution in [1.82, 2.24) is 39.4 Å². The molecule has 3 aromatic heterocycles. The number of aliphatic hydroxyl groups is 1. The molecule has 5 heterocycles. The number of benzene rings is 3. The van der Waals surface area contributed by atoms with E-state index in [4.69, 9.17) is 19.2 Å². The summed E-state index contributed by atoms with van der Waals surface area (Å²) >= 11 is 0. The number of rotatable bonds is 15. The number of nitrogens with zero attached hydrogens (tertiary/aromatic N) is 7. The zero-order valence-corrected chi connectivity index (χ0v) is 41.2. The quantitative estimate of drug-likeness (QED) is 0.0776. The molecular weight excluding hydrogens is 913 g/mol. The van der Waals surface area contributed by atoms with E-state index in [1.807, 2.05) is 34.6 Å². The number of carbonyl (C=O) groups is 4. The summed E-state index contributed by atoms with van der Waals surface area (Å²) in [5.41, 5.74) is 5.11. The largest absolute Gasteiger partial charge is 0.508 e. The monoisotopic (exact) mass is 972 g/mol. The Balaban J connectivity index is 0.00000366. The van der Waals surface area contributed by atoms with Crippen molar-refractivity contribution in [3.63, 3.8) is 0 Å². The van der Waals surface area contributed by atoms with E-state index in [1.165, 1.54) is 18.0 Å². The number of piperidine rings is 1. The van der Waals surface area contributed by atoms with Crippen molar-refractivity contribution in [3.05, 3.63) is 105 Å². The average molecular weight is 973 g/mol. The van der Waals surface area contributed by atoms with Gasteiger partial charge in [-0.15, -0.1) is 10.2 Å². The van der Waals surface area contributed by atoms with Crippen LogP contribution in [0.15, 0.2) is 65.5 Å². The van der Waals surface area contributed by atoms with Crippen LogP contribution in [-0.2, 0) is 33.9 Å². The number of pyridine rings is 2. The zero-order chi connectivity index (χ0) is 51.3. The average Bonchev–Trinajstić information content (AvgIpc) is 3.96. The van der Waals surface area contributed by atoms with Gasteiger partial charge in [0, 0.05) is 62.2 Å². The van der Waals surface area contributed by atoms with Crippen LogP contribution >= 0.6 is 0 Å². The number of aromatic hydroxyl groups is 2. The van der Waals surface area contributed by atoms with Crippen LogP contribution in [0.3, 0.4) is 0 Å². The first kappa shape index (κ1) is 51.1. The molecular formula is C52H60N8O11. The SMILES string of the molecule is CC.CCNC(=O)c1nnc(-c2cc(C(C)C)c(O)cc2O)n1-c1ccc(OC2CCN(C(=O)CN(C)C(=O)Oc3ccc4nc5c(c(CC)c4c3)Cn3c-5cc(C(C)O)c(COC=O)c3=O)CC2)cc1. The second-order valence-corrected chi connectivity index (χ2v) is 17.4. The van der Waals surface area contributed by atoms with E-state index in [1.54, 1.807) is 82.5 Å². The number of fused-ring (bicyclic) bond motifs is 4. The van der Waals surface area contributed by atoms with Gasteiger partial charge in [-0.2, -0.15) is 0 Å². The fourth-order valence-electron chi connectivity index (χ4n) is 9.01. The van der Waals surface area contributed by atoms with E-state index in [0.29, 0.717) is 83.9 Å². The van der Waals surface area contributed by atoms with Gasteiger partial charge in [0.15, 0.2) is 5.82 Å². The highest BCUT2D eigenvalue weighted by Gasteiger charge is 2.31. The van der Waals surface area contributed by atoms with Crippen LogP contribution < -0.4 is 20.3 Å². The summed E-state index contributed by atoms with van der Waals surface area (Å²) in [6, 6.07) is 16.7. The Morgan fingerprint density at radius 1 is 0.915 bits per heavy atom. The summed E-state index contributed by atoms with van der Waals surface area (Å²) in [5.74, 6) is 0.0134. The van der Waals surface area contributed by atoms with Gasteiger partial charge in [-0.1, -0.05) is 34.6 Å². The molecule has 1 saturated heterocycles. The van der Waals surface area contributed by atoms with E-state index >= 15 is 0 Å². The molecule has 4 N–H and O–H groups in total. The van der Waals surface area contributed by atoms with Gasteiger partial charge in [0.25, 0.3) is 17.9 Å². The van der Waals surface area contributed by atoms with E-state index in [-0.39, 0.29) is 84.1 Å². The Hall–Kier alpha value is -7.80. The van der Waals surface area contributed by atoms with Gasteiger partial charge < -0.3 is 49.2 Å². The predicted molar refractivity (Wildman–Crippen MR) is 264 cm³/mol. The fraction of sp³-hybridized carbons (Fsp3) is 0.385. The standard InChI is InChI=1S/C50H54N8O11.C2H6/c1-7-33-36-19-32(13-14-40(36)52-45-38(33)23-57-41(45)21-35(28(5)60)39(49(57)65)25-67-26-59)69-50(66)55(6)24-44(63)56-17-15-31(16-18-56)68-30-11-9-29(10-12-30)58-46(53-54-47(58)48(64)51-8-2)37-20-34(27(3)4)42(61)22-43(37)62;1-2/h9-14,19-22,26-28,31,60-62H,7-8,15-18,23-25H2,1-6H3,(H,51,64);1-2H3. The lowest BCUT2D eigenvalue weighted by Crippen LogP contribution is -2.46. The van der Waals surface area contributed by atoms with E-state index in [0.717, 1.165) is 16.5 Å². The highest BCUT2D eigenvalue weighted by atomic mass is 16.6. The molecule has 0 radical (unpaired) electrons. The molecule has 1 atom stereocenters. The summed E-state index contributed by atoms with van der Waals surface area (Å²) in [5, 5.41) is 43.8. The fourth-order valence-corrected chi connectivity index (χ4v) is 9.01. The van der Waals surface area contributed by atoms with Crippen molar-refractivity contribution in [2.75, 3.05) is 33.2 Å². The van der Waals surface area contributed by atoms with Gasteiger partial charge in [0.2, 0.25) is 11.7 Å². The third-order valence-corrected chi connectivity index (χ3v) is 12.6. The first-order chi connectivity index (χ1) is 34.1. The summed E-state index contributed by atoms with van der Waals surface area (Å²) in [4.78, 5) is 72.2. The van der Waals surface area contributed by atoms with Crippen molar-refractivity contribution < 1.29 is 48.7 Å². The molecule has 1 unspecified atom stereocenters. The Morgan fingerprint density at radius 3 is 2.27 bits per heavy atom. The zero-order valence-electron chi connectivity index (χ0n) is 41.2. The molecule has 8 rings (SSSR count). The molecule has 19 nitrogen and oxygen atoms in total. The van der Waals surface area contributed by atoms with Crippen LogP contribution in [-0.4, -0.2) is 113 Å². The Labute approximate surface area is 410 Å². The van der Waals surface area contributed by atoms with Gasteiger partial charge >= 0.3 is 6.09 Å². The summed E-state index contributed by atoms with van der Waals surface area (Å²) in [7, 11) is 1.50. The minimum atomic E-state index is -0.988. The van der Waals surface area contributed by atoms with E-state index in [9.17, 15) is 39.3 Å². The highest BCUT2D eigenvalue weighted by Crippen LogP contribution is 2.40. The molecule has 71 heavy (non-hydrogen) atoms. The third-order valence-electron chi connectivity index (χ3n) is 12.6. The van der Waals surface area contributed by atoms with Crippen molar-refractivity contribution in [2.45, 2.75) is 99.0 Å². The molecule has 19 heteroatoms. The summed E-state index contributed by atoms with van der Waals surface area (Å²) in [6.07, 6.45) is -0.238. The predicted octanol–water partition coefficient (Wildman–Crippen LogP) is 6.77. The third kappa shape index (κ3) is 10.4. The maximum atomic E-state index is 13.6. The molecule has 2 aliphatic heterocycles. The number of amides is 3. The molecule has 374 valence electrons. The van der Waals surface area contributed by atoms with E-state index in [2.05, 4.69) is 15.5 Å². The number of aryl methyl sites for hydroxylation is 1. The molecule has 2 aliphatic rings. The topological polar surface area (TPSA) is 241 Å². The van der Waals surface area contributed by atoms with E-state index < -0.39 is 18.1 Å². The maximum Gasteiger partial charge on any atom is 0.415 e. The molecule has 0 bridgehead atoms. The number of phenolic OH excluding ortho intramolecular Hbond substituents is 2. The molecule has 6 aromatic rings. The lowest BCUT2D eigenvalue weighted by molar-refractivity contribution is -0.133. The summed E-state index contributed by atoms with van der Waals surface area (Å²) in [6.45, 7) is 14.3. The van der Waals surface area contributed by atoms with Crippen LogP contribution in [0.25, 0.3) is 39.4 Å². The van der Waals surface area contributed by atoms with Gasteiger partial charge in [0.05, 0.1) is 40.7 Å². The highest BCUT2D eigenvalue weighted by molar-refractivity contribution is 5.92. The first-order valence-corrected chi connectivity index (χ1v) is 23.9. The van der Waals surface area contributed by atoms with Crippen molar-refractivity contribution >= 4 is 35.3 Å². The van der Waals surface area contributed by atoms with Crippen molar-refractivity contribution in [1.29, 1.82) is 0 Å². The second kappa shape index (κ2) is 21.9. The van der Waals surface area contributed by atoms with Crippen molar-refractivity contribution in [3.8, 4) is 51.5 Å². The number of carbonyl (C=O) groups excluding carboxylic acids is 4. The first-order valence-electron chi connectivity index (χ1n) is 23.9. The van der Waals surface area contributed by atoms with Crippen LogP contribution in [0.5, 0.6) is 23.0 Å². The molecule has 3 amide bonds. The van der Waals surface area contributed by atoms with Crippen LogP contribution in [0, 0.1) is 0 Å². The maximum absolute atomic E-state index is 13.6. The molecule has 1 fully saturated rings. The van der Waals surface area contributed by atoms with Gasteiger partial charge in [-0.05, 0) is 97.5 Å². The number of likely N-dealkylation sites (N-methyl/N-ethyl adjacent to an activating group) is 1. The lowest BCUT2D eigenvalue weighted by Gasteiger charge is -2.33. The van der Waals surface area contributed by atoms with Crippen molar-refractivity contribution in [2.24, 2.45) is 0 Å². The smallest absolute Gasteiger partial charge is 0.415 e. The Kier molecular flexibility index (Phi) is 15.7. The number of hydrogen-bond donors (Lipinski definition) is 4. The number of likely N-dealkylation sites (tertiary alicyclic amines) is 1. The second-order valence-electron chi connectivity index (χ2n) is 17.4. The van der Waals surface area contributed by atoms with Gasteiger partial charge in [-0.3, -0.25) is 23.7 Å². The molecule has 0 saturated carbocycles. The normalized spacial score (nSPS) is 13.5. The minimum absolute atomic E-state index is 0.0112. The van der Waals surface area contributed by atoms with Gasteiger partial charge in [-0.25, -0.2) is 9.78 Å². The lowest BCUT2D eigenvalue weighted by atomic mass is 9.98. The molecule has 3 aromatic carbocycles. The number of nitrogens with one attached hydrogen (secondary N) is 1. The number of ether oxygens (including phenoxy) is 3. The van der Waals surface area contributed by atoms with Gasteiger partial charge in [0.1, 0.15) is 42.3 Å². The van der Waals surface area contributed by atoms with Crippen LogP contribution in [0.1, 0.15) is 112 Å². The Bertz CT molecular complexity index is 3030. The number of phenols is 2. The number of aromatic nitrogens is 5. The Morgan fingerprint density at radius 2 is 1.62 bits per heavy atom.